The molecule has 0 N–H and O–H groups in total. The monoisotopic (exact) mass is 485 g/mol. The Kier molecular flexibility index (Phi) is 6.16. The van der Waals surface area contributed by atoms with Gasteiger partial charge in [0.25, 0.3) is 0 Å². The van der Waals surface area contributed by atoms with Gasteiger partial charge in [-0.05, 0) is 55.0 Å². The Balaban J connectivity index is 1.30. The number of aromatic nitrogens is 4. The smallest absolute Gasteiger partial charge is 0.443 e. The predicted molar refractivity (Wildman–Crippen MR) is 121 cm³/mol. The number of morpholine rings is 1. The quantitative estimate of drug-likeness (QED) is 0.392. The van der Waals surface area contributed by atoms with Crippen LogP contribution in [0.1, 0.15) is 11.3 Å². The molecule has 1 fully saturated rings. The number of benzene rings is 1. The number of anilines is 1. The first-order valence-electron chi connectivity index (χ1n) is 11.0. The van der Waals surface area contributed by atoms with Crippen molar-refractivity contribution in [2.24, 2.45) is 0 Å². The molecule has 0 aliphatic carbocycles. The predicted octanol–water partition coefficient (Wildman–Crippen LogP) is 4.69. The highest BCUT2D eigenvalue weighted by Crippen LogP contribution is 2.28. The minimum atomic E-state index is -4.74. The second-order valence-electron chi connectivity index (χ2n) is 8.06. The first kappa shape index (κ1) is 22.9. The molecule has 4 aromatic rings. The summed E-state index contributed by atoms with van der Waals surface area (Å²) in [5.41, 5.74) is 3.63. The zero-order valence-electron chi connectivity index (χ0n) is 18.8. The van der Waals surface area contributed by atoms with Crippen molar-refractivity contribution in [3.8, 4) is 28.6 Å². The van der Waals surface area contributed by atoms with Gasteiger partial charge in [-0.3, -0.25) is 4.68 Å². The first-order chi connectivity index (χ1) is 16.8. The van der Waals surface area contributed by atoms with Crippen molar-refractivity contribution in [2.75, 3.05) is 31.2 Å². The van der Waals surface area contributed by atoms with Crippen molar-refractivity contribution in [1.82, 2.24) is 19.7 Å². The van der Waals surface area contributed by atoms with E-state index in [-0.39, 0.29) is 5.75 Å². The number of hydrogen-bond acceptors (Lipinski definition) is 7. The fraction of sp³-hybridized carbons (Fsp3) is 0.292. The number of nitrogens with zero attached hydrogens (tertiary/aromatic N) is 5. The van der Waals surface area contributed by atoms with Crippen LogP contribution in [-0.4, -0.2) is 52.4 Å². The summed E-state index contributed by atoms with van der Waals surface area (Å²) in [6.07, 6.45) is -1.49. The minimum absolute atomic E-state index is 0.299. The topological polar surface area (TPSA) is 78.4 Å². The molecule has 4 heterocycles. The zero-order chi connectivity index (χ0) is 24.4. The van der Waals surface area contributed by atoms with Crippen molar-refractivity contribution in [2.45, 2.75) is 19.8 Å². The summed E-state index contributed by atoms with van der Waals surface area (Å²) in [5, 5.41) is 4.64. The number of oxazole rings is 1. The van der Waals surface area contributed by atoms with E-state index in [4.69, 9.17) is 9.15 Å². The van der Waals surface area contributed by atoms with Gasteiger partial charge in [0.1, 0.15) is 29.2 Å². The second-order valence-corrected chi connectivity index (χ2v) is 8.06. The maximum atomic E-state index is 12.4. The normalized spacial score (nSPS) is 14.3. The fourth-order valence-corrected chi connectivity index (χ4v) is 3.82. The zero-order valence-corrected chi connectivity index (χ0v) is 18.8. The Bertz CT molecular complexity index is 1290. The van der Waals surface area contributed by atoms with Gasteiger partial charge in [-0.15, -0.1) is 13.2 Å². The second kappa shape index (κ2) is 9.41. The number of hydrogen-bond donors (Lipinski definition) is 0. The highest BCUT2D eigenvalue weighted by atomic mass is 19.4. The minimum Gasteiger partial charge on any atom is -0.443 e. The lowest BCUT2D eigenvalue weighted by molar-refractivity contribution is -0.274. The van der Waals surface area contributed by atoms with Gasteiger partial charge in [0.05, 0.1) is 19.8 Å². The van der Waals surface area contributed by atoms with Crippen LogP contribution in [0.4, 0.5) is 19.0 Å². The fourth-order valence-electron chi connectivity index (χ4n) is 3.82. The molecule has 182 valence electrons. The van der Waals surface area contributed by atoms with E-state index in [0.717, 1.165) is 30.2 Å². The number of halogens is 3. The van der Waals surface area contributed by atoms with Crippen LogP contribution >= 0.6 is 0 Å². The summed E-state index contributed by atoms with van der Waals surface area (Å²) < 4.78 is 53.9. The molecule has 35 heavy (non-hydrogen) atoms. The first-order valence-corrected chi connectivity index (χ1v) is 11.0. The van der Waals surface area contributed by atoms with Crippen LogP contribution in [0.15, 0.2) is 59.3 Å². The Labute approximate surface area is 198 Å². The number of rotatable bonds is 6. The highest BCUT2D eigenvalue weighted by Gasteiger charge is 2.31. The summed E-state index contributed by atoms with van der Waals surface area (Å²) >= 11 is 0. The molecule has 1 saturated heterocycles. The summed E-state index contributed by atoms with van der Waals surface area (Å²) in [7, 11) is 0. The number of aryl methyl sites for hydroxylation is 1. The van der Waals surface area contributed by atoms with Gasteiger partial charge in [0.15, 0.2) is 0 Å². The summed E-state index contributed by atoms with van der Waals surface area (Å²) in [4.78, 5) is 11.1. The van der Waals surface area contributed by atoms with E-state index in [1.54, 1.807) is 6.20 Å². The maximum Gasteiger partial charge on any atom is 0.573 e. The average molecular weight is 485 g/mol. The molecule has 11 heteroatoms. The van der Waals surface area contributed by atoms with Crippen molar-refractivity contribution in [1.29, 1.82) is 0 Å². The van der Waals surface area contributed by atoms with Gasteiger partial charge >= 0.3 is 6.36 Å². The molecule has 3 aromatic heterocycles. The van der Waals surface area contributed by atoms with Gasteiger partial charge in [-0.2, -0.15) is 5.10 Å². The molecule has 5 rings (SSSR count). The molecular formula is C24H22F3N5O3. The Morgan fingerprint density at radius 1 is 1.03 bits per heavy atom. The third-order valence-electron chi connectivity index (χ3n) is 5.57. The summed E-state index contributed by atoms with van der Waals surface area (Å²) in [5.74, 6) is 0.938. The third-order valence-corrected chi connectivity index (χ3v) is 5.57. The largest absolute Gasteiger partial charge is 0.573 e. The van der Waals surface area contributed by atoms with E-state index in [1.165, 1.54) is 30.5 Å². The van der Waals surface area contributed by atoms with Gasteiger partial charge in [0, 0.05) is 30.5 Å². The van der Waals surface area contributed by atoms with Crippen LogP contribution in [0.25, 0.3) is 22.8 Å². The van der Waals surface area contributed by atoms with E-state index < -0.39 is 6.36 Å². The average Bonchev–Trinajstić information content (AvgIpc) is 3.47. The third kappa shape index (κ3) is 5.46. The van der Waals surface area contributed by atoms with E-state index in [2.05, 4.69) is 30.8 Å². The van der Waals surface area contributed by atoms with Crippen molar-refractivity contribution in [3.63, 3.8) is 0 Å². The number of pyridine rings is 1. The Hall–Kier alpha value is -3.86. The van der Waals surface area contributed by atoms with Crippen LogP contribution in [0.3, 0.4) is 0 Å². The van der Waals surface area contributed by atoms with E-state index in [1.807, 2.05) is 23.7 Å². The Morgan fingerprint density at radius 2 is 1.80 bits per heavy atom. The summed E-state index contributed by atoms with van der Waals surface area (Å²) in [6.45, 7) is 5.51. The maximum absolute atomic E-state index is 12.4. The van der Waals surface area contributed by atoms with E-state index in [0.29, 0.717) is 42.6 Å². The Morgan fingerprint density at radius 3 is 2.54 bits per heavy atom. The van der Waals surface area contributed by atoms with Crippen LogP contribution in [0, 0.1) is 6.92 Å². The van der Waals surface area contributed by atoms with E-state index in [9.17, 15) is 13.2 Å². The molecule has 0 saturated carbocycles. The van der Waals surface area contributed by atoms with Crippen LogP contribution < -0.4 is 9.64 Å². The van der Waals surface area contributed by atoms with Gasteiger partial charge < -0.3 is 18.8 Å². The van der Waals surface area contributed by atoms with Crippen LogP contribution in [0.2, 0.25) is 0 Å². The number of alkyl halides is 3. The molecular weight excluding hydrogens is 463 g/mol. The van der Waals surface area contributed by atoms with Crippen molar-refractivity contribution >= 4 is 5.82 Å². The highest BCUT2D eigenvalue weighted by molar-refractivity contribution is 5.62. The van der Waals surface area contributed by atoms with E-state index >= 15 is 0 Å². The van der Waals surface area contributed by atoms with Crippen LogP contribution in [-0.2, 0) is 11.3 Å². The lowest BCUT2D eigenvalue weighted by Crippen LogP contribution is -2.36. The molecule has 0 amide bonds. The molecule has 1 aliphatic rings. The van der Waals surface area contributed by atoms with Gasteiger partial charge in [0.2, 0.25) is 5.89 Å². The van der Waals surface area contributed by atoms with Crippen molar-refractivity contribution < 1.29 is 27.1 Å². The lowest BCUT2D eigenvalue weighted by atomic mass is 10.2. The molecule has 1 aromatic carbocycles. The molecule has 0 bridgehead atoms. The molecule has 0 spiro atoms. The summed E-state index contributed by atoms with van der Waals surface area (Å²) in [6, 6.07) is 11.3. The standard InChI is InChI=1S/C24H22F3N5O3/c1-16-12-20(23-29-21(15-34-23)18-2-4-19(5-3-18)35-24(25,26)27)30-32(16)14-17-6-7-28-22(13-17)31-8-10-33-11-9-31/h2-7,12-13,15H,8-11,14H2,1H3. The SMILES string of the molecule is Cc1cc(-c2nc(-c3ccc(OC(F)(F)F)cc3)co2)nn1Cc1ccnc(N2CCOCC2)c1. The van der Waals surface area contributed by atoms with Gasteiger partial charge in [-0.25, -0.2) is 9.97 Å². The van der Waals surface area contributed by atoms with Crippen molar-refractivity contribution in [3.05, 3.63) is 66.2 Å². The molecule has 0 radical (unpaired) electrons. The molecule has 0 atom stereocenters. The number of ether oxygens (including phenoxy) is 2. The van der Waals surface area contributed by atoms with Gasteiger partial charge in [-0.1, -0.05) is 0 Å². The molecule has 0 unspecified atom stereocenters. The van der Waals surface area contributed by atoms with Crippen LogP contribution in [0.5, 0.6) is 5.75 Å². The lowest BCUT2D eigenvalue weighted by Gasteiger charge is -2.28. The molecule has 8 nitrogen and oxygen atoms in total. The molecule has 1 aliphatic heterocycles.